The van der Waals surface area contributed by atoms with Crippen LogP contribution in [0.1, 0.15) is 23.1 Å². The molecule has 0 amide bonds. The van der Waals surface area contributed by atoms with Gasteiger partial charge in [0.1, 0.15) is 12.6 Å². The van der Waals surface area contributed by atoms with Gasteiger partial charge in [-0.05, 0) is 64.5 Å². The highest BCUT2D eigenvalue weighted by Gasteiger charge is 2.17. The fourth-order valence-electron chi connectivity index (χ4n) is 2.64. The van der Waals surface area contributed by atoms with E-state index in [2.05, 4.69) is 33.4 Å². The summed E-state index contributed by atoms with van der Waals surface area (Å²) in [6, 6.07) is 11.4. The van der Waals surface area contributed by atoms with Crippen molar-refractivity contribution >= 4 is 33.7 Å². The zero-order valence-corrected chi connectivity index (χ0v) is 18.7. The molecule has 0 radical (unpaired) electrons. The number of carbonyl (C=O) groups is 1. The highest BCUT2D eigenvalue weighted by atomic mass is 79.9. The lowest BCUT2D eigenvalue weighted by Crippen LogP contribution is -2.36. The van der Waals surface area contributed by atoms with Crippen LogP contribution >= 0.6 is 27.7 Å². The number of thioether (sulfide) groups is 1. The van der Waals surface area contributed by atoms with Crippen molar-refractivity contribution in [2.24, 2.45) is 0 Å². The summed E-state index contributed by atoms with van der Waals surface area (Å²) in [4.78, 5) is 11.4. The summed E-state index contributed by atoms with van der Waals surface area (Å²) in [7, 11) is 1.59. The van der Waals surface area contributed by atoms with Crippen LogP contribution in [-0.4, -0.2) is 36.2 Å². The number of aliphatic carboxylic acids is 1. The number of halogens is 1. The molecule has 0 aromatic heterocycles. The van der Waals surface area contributed by atoms with Gasteiger partial charge in [0.25, 0.3) is 0 Å². The molecule has 1 unspecified atom stereocenters. The van der Waals surface area contributed by atoms with Crippen LogP contribution in [0.5, 0.6) is 11.5 Å². The number of rotatable bonds is 11. The summed E-state index contributed by atoms with van der Waals surface area (Å²) in [5.74, 6) is 1.19. The maximum Gasteiger partial charge on any atom is 0.320 e. The number of hydrogen-bond donors (Lipinski definition) is 2. The number of ether oxygens (including phenoxy) is 2. The molecule has 2 N–H and O–H groups in total. The average molecular weight is 468 g/mol. The SMILES string of the molecule is COc1cc(CNC(CCSC)C(=O)O)cc(Br)c1OCc1ccc(C)cc1. The molecule has 2 aromatic carbocycles. The molecular weight excluding hydrogens is 442 g/mol. The molecule has 5 nitrogen and oxygen atoms in total. The van der Waals surface area contributed by atoms with Gasteiger partial charge in [0.15, 0.2) is 11.5 Å². The normalized spacial score (nSPS) is 11.9. The molecule has 152 valence electrons. The van der Waals surface area contributed by atoms with Gasteiger partial charge in [0.2, 0.25) is 0 Å². The van der Waals surface area contributed by atoms with Gasteiger partial charge in [0.05, 0.1) is 11.6 Å². The van der Waals surface area contributed by atoms with Gasteiger partial charge in [-0.3, -0.25) is 4.79 Å². The van der Waals surface area contributed by atoms with Gasteiger partial charge in [-0.15, -0.1) is 0 Å². The Labute approximate surface area is 178 Å². The summed E-state index contributed by atoms with van der Waals surface area (Å²) in [5, 5.41) is 12.4. The number of benzene rings is 2. The van der Waals surface area contributed by atoms with Crippen molar-refractivity contribution in [3.05, 3.63) is 57.6 Å². The summed E-state index contributed by atoms with van der Waals surface area (Å²) < 4.78 is 12.2. The molecule has 0 aliphatic rings. The number of aryl methyl sites for hydroxylation is 1. The number of methoxy groups -OCH3 is 1. The first-order chi connectivity index (χ1) is 13.4. The van der Waals surface area contributed by atoms with Crippen molar-refractivity contribution in [3.8, 4) is 11.5 Å². The van der Waals surface area contributed by atoms with Crippen LogP contribution < -0.4 is 14.8 Å². The molecule has 28 heavy (non-hydrogen) atoms. The topological polar surface area (TPSA) is 67.8 Å². The predicted octanol–water partition coefficient (Wildman–Crippen LogP) is 4.64. The quantitative estimate of drug-likeness (QED) is 0.501. The van der Waals surface area contributed by atoms with Crippen LogP contribution in [-0.2, 0) is 17.9 Å². The van der Waals surface area contributed by atoms with Gasteiger partial charge < -0.3 is 19.9 Å². The van der Waals surface area contributed by atoms with Crippen molar-refractivity contribution in [1.29, 1.82) is 0 Å². The highest BCUT2D eigenvalue weighted by molar-refractivity contribution is 9.10. The van der Waals surface area contributed by atoms with E-state index in [0.29, 0.717) is 31.1 Å². The Hall–Kier alpha value is -1.70. The zero-order valence-electron chi connectivity index (χ0n) is 16.3. The lowest BCUT2D eigenvalue weighted by molar-refractivity contribution is -0.139. The number of nitrogens with one attached hydrogen (secondary N) is 1. The number of carboxylic acids is 1. The lowest BCUT2D eigenvalue weighted by Gasteiger charge is -2.17. The van der Waals surface area contributed by atoms with E-state index in [9.17, 15) is 9.90 Å². The Bertz CT molecular complexity index is 783. The molecule has 0 aliphatic carbocycles. The molecule has 0 saturated heterocycles. The summed E-state index contributed by atoms with van der Waals surface area (Å²) in [6.07, 6.45) is 2.54. The predicted molar refractivity (Wildman–Crippen MR) is 117 cm³/mol. The van der Waals surface area contributed by atoms with Crippen LogP contribution in [0.15, 0.2) is 40.9 Å². The second-order valence-electron chi connectivity index (χ2n) is 6.44. The first-order valence-corrected chi connectivity index (χ1v) is 11.1. The molecule has 7 heteroatoms. The molecule has 0 saturated carbocycles. The Balaban J connectivity index is 2.07. The molecule has 2 rings (SSSR count). The minimum Gasteiger partial charge on any atom is -0.493 e. The van der Waals surface area contributed by atoms with E-state index >= 15 is 0 Å². The van der Waals surface area contributed by atoms with E-state index in [0.717, 1.165) is 21.4 Å². The second kappa shape index (κ2) is 11.3. The third-order valence-electron chi connectivity index (χ3n) is 4.25. The number of carboxylic acid groups (broad SMARTS) is 1. The summed E-state index contributed by atoms with van der Waals surface area (Å²) in [6.45, 7) is 2.91. The second-order valence-corrected chi connectivity index (χ2v) is 8.28. The summed E-state index contributed by atoms with van der Waals surface area (Å²) >= 11 is 5.19. The van der Waals surface area contributed by atoms with Crippen molar-refractivity contribution in [2.75, 3.05) is 19.1 Å². The van der Waals surface area contributed by atoms with Gasteiger partial charge in [-0.25, -0.2) is 0 Å². The van der Waals surface area contributed by atoms with Crippen molar-refractivity contribution in [1.82, 2.24) is 5.32 Å². The van der Waals surface area contributed by atoms with Crippen molar-refractivity contribution in [3.63, 3.8) is 0 Å². The minimum absolute atomic E-state index is 0.429. The monoisotopic (exact) mass is 467 g/mol. The van der Waals surface area contributed by atoms with E-state index in [4.69, 9.17) is 9.47 Å². The van der Waals surface area contributed by atoms with Crippen LogP contribution in [0.2, 0.25) is 0 Å². The lowest BCUT2D eigenvalue weighted by atomic mass is 10.1. The van der Waals surface area contributed by atoms with E-state index in [1.54, 1.807) is 18.9 Å². The average Bonchev–Trinajstić information content (AvgIpc) is 2.67. The van der Waals surface area contributed by atoms with Crippen LogP contribution in [0.4, 0.5) is 0 Å². The first-order valence-electron chi connectivity index (χ1n) is 8.94. The molecular formula is C21H26BrNO4S. The molecule has 0 fully saturated rings. The van der Waals surface area contributed by atoms with E-state index in [-0.39, 0.29) is 0 Å². The highest BCUT2D eigenvalue weighted by Crippen LogP contribution is 2.37. The van der Waals surface area contributed by atoms with Crippen molar-refractivity contribution in [2.45, 2.75) is 32.5 Å². The maximum atomic E-state index is 11.4. The smallest absolute Gasteiger partial charge is 0.320 e. The standard InChI is InChI=1S/C21H26BrNO4S/c1-14-4-6-15(7-5-14)13-27-20-17(22)10-16(11-19(20)26-2)12-23-18(21(24)25)8-9-28-3/h4-7,10-11,18,23H,8-9,12-13H2,1-3H3,(H,24,25). The fourth-order valence-corrected chi connectivity index (χ4v) is 3.72. The maximum absolute atomic E-state index is 11.4. The molecule has 1 atom stereocenters. The molecule has 0 bridgehead atoms. The molecule has 2 aromatic rings. The van der Waals surface area contributed by atoms with E-state index < -0.39 is 12.0 Å². The summed E-state index contributed by atoms with van der Waals surface area (Å²) in [5.41, 5.74) is 3.20. The van der Waals surface area contributed by atoms with Gasteiger partial charge in [-0.2, -0.15) is 11.8 Å². The molecule has 0 heterocycles. The first kappa shape index (κ1) is 22.6. The fraction of sp³-hybridized carbons (Fsp3) is 0.381. The zero-order chi connectivity index (χ0) is 20.5. The van der Waals surface area contributed by atoms with Gasteiger partial charge in [-0.1, -0.05) is 29.8 Å². The Morgan fingerprint density at radius 1 is 1.25 bits per heavy atom. The van der Waals surface area contributed by atoms with E-state index in [1.165, 1.54) is 5.56 Å². The van der Waals surface area contributed by atoms with Crippen molar-refractivity contribution < 1.29 is 19.4 Å². The third kappa shape index (κ3) is 6.72. The third-order valence-corrected chi connectivity index (χ3v) is 5.49. The minimum atomic E-state index is -0.835. The Morgan fingerprint density at radius 2 is 1.96 bits per heavy atom. The largest absolute Gasteiger partial charge is 0.493 e. The molecule has 0 aliphatic heterocycles. The Morgan fingerprint density at radius 3 is 2.57 bits per heavy atom. The van der Waals surface area contributed by atoms with Gasteiger partial charge in [0, 0.05) is 6.54 Å². The van der Waals surface area contributed by atoms with Crippen LogP contribution in [0, 0.1) is 6.92 Å². The molecule has 0 spiro atoms. The van der Waals surface area contributed by atoms with Crippen LogP contribution in [0.3, 0.4) is 0 Å². The van der Waals surface area contributed by atoms with E-state index in [1.807, 2.05) is 37.4 Å². The Kier molecular flexibility index (Phi) is 9.15. The number of hydrogen-bond acceptors (Lipinski definition) is 5. The van der Waals surface area contributed by atoms with Gasteiger partial charge >= 0.3 is 5.97 Å². The van der Waals surface area contributed by atoms with Crippen LogP contribution in [0.25, 0.3) is 0 Å².